The van der Waals surface area contributed by atoms with Gasteiger partial charge in [0.1, 0.15) is 5.75 Å². The van der Waals surface area contributed by atoms with Gasteiger partial charge in [-0.05, 0) is 36.0 Å². The van der Waals surface area contributed by atoms with E-state index < -0.39 is 0 Å². The number of thiocarbonyl (C=S) groups is 1. The molecule has 0 spiro atoms. The molecule has 3 rings (SSSR count). The summed E-state index contributed by atoms with van der Waals surface area (Å²) in [6.07, 6.45) is 0. The van der Waals surface area contributed by atoms with Crippen LogP contribution in [0.25, 0.3) is 0 Å². The number of rotatable bonds is 4. The Kier molecular flexibility index (Phi) is 6.13. The van der Waals surface area contributed by atoms with E-state index in [1.165, 1.54) is 5.56 Å². The molecular weight excluding hydrogens is 354 g/mol. The Bertz CT molecular complexity index is 718. The number of hydrogen-bond acceptors (Lipinski definition) is 3. The molecule has 0 unspecified atom stereocenters. The van der Waals surface area contributed by atoms with E-state index in [9.17, 15) is 0 Å². The highest BCUT2D eigenvalue weighted by molar-refractivity contribution is 7.80. The van der Waals surface area contributed by atoms with Crippen molar-refractivity contribution in [1.29, 1.82) is 0 Å². The summed E-state index contributed by atoms with van der Waals surface area (Å²) in [5, 5.41) is 4.63. The summed E-state index contributed by atoms with van der Waals surface area (Å²) in [6, 6.07) is 16.0. The summed E-state index contributed by atoms with van der Waals surface area (Å²) in [7, 11) is 1.64. The predicted octanol–water partition coefficient (Wildman–Crippen LogP) is 3.86. The highest BCUT2D eigenvalue weighted by Crippen LogP contribution is 2.28. The summed E-state index contributed by atoms with van der Waals surface area (Å²) in [6.45, 7) is 4.77. The number of nitrogens with one attached hydrogen (secondary N) is 1. The maximum absolute atomic E-state index is 6.08. The van der Waals surface area contributed by atoms with Gasteiger partial charge in [0.2, 0.25) is 0 Å². The van der Waals surface area contributed by atoms with Gasteiger partial charge in [0, 0.05) is 37.7 Å². The fraction of sp³-hybridized carbons (Fsp3) is 0.316. The Hall–Kier alpha value is -1.82. The number of anilines is 1. The van der Waals surface area contributed by atoms with Crippen molar-refractivity contribution in [2.45, 2.75) is 6.54 Å². The lowest BCUT2D eigenvalue weighted by Gasteiger charge is -2.36. The fourth-order valence-electron chi connectivity index (χ4n) is 2.92. The van der Waals surface area contributed by atoms with Gasteiger partial charge in [-0.25, -0.2) is 0 Å². The van der Waals surface area contributed by atoms with Crippen molar-refractivity contribution in [3.05, 3.63) is 59.1 Å². The zero-order chi connectivity index (χ0) is 17.6. The maximum Gasteiger partial charge on any atom is 0.173 e. The summed E-state index contributed by atoms with van der Waals surface area (Å²) < 4.78 is 5.36. The van der Waals surface area contributed by atoms with Gasteiger partial charge in [-0.3, -0.25) is 4.90 Å². The second-order valence-corrected chi connectivity index (χ2v) is 6.85. The van der Waals surface area contributed by atoms with E-state index in [-0.39, 0.29) is 0 Å². The van der Waals surface area contributed by atoms with Crippen molar-refractivity contribution in [1.82, 2.24) is 9.80 Å². The smallest absolute Gasteiger partial charge is 0.173 e. The van der Waals surface area contributed by atoms with E-state index >= 15 is 0 Å². The molecule has 25 heavy (non-hydrogen) atoms. The first kappa shape index (κ1) is 18.0. The Balaban J connectivity index is 1.54. The van der Waals surface area contributed by atoms with Crippen molar-refractivity contribution < 1.29 is 4.74 Å². The molecule has 0 bridgehead atoms. The number of hydrogen-bond donors (Lipinski definition) is 1. The van der Waals surface area contributed by atoms with Crippen LogP contribution in [0.5, 0.6) is 5.75 Å². The molecular formula is C19H22ClN3OS. The molecule has 0 aliphatic carbocycles. The predicted molar refractivity (Wildman–Crippen MR) is 108 cm³/mol. The van der Waals surface area contributed by atoms with Crippen molar-refractivity contribution in [3.63, 3.8) is 0 Å². The van der Waals surface area contributed by atoms with Gasteiger partial charge in [-0.1, -0.05) is 41.9 Å². The van der Waals surface area contributed by atoms with Gasteiger partial charge in [0.15, 0.2) is 5.11 Å². The molecule has 1 heterocycles. The largest absolute Gasteiger partial charge is 0.495 e. The first-order chi connectivity index (χ1) is 12.2. The highest BCUT2D eigenvalue weighted by Gasteiger charge is 2.19. The minimum atomic E-state index is 0.652. The molecule has 4 nitrogen and oxygen atoms in total. The molecule has 0 saturated carbocycles. The second kappa shape index (κ2) is 8.52. The SMILES string of the molecule is COc1ccc(Cl)cc1NC(=S)N1CCN(Cc2ccccc2)CC1. The minimum Gasteiger partial charge on any atom is -0.495 e. The fourth-order valence-corrected chi connectivity index (χ4v) is 3.39. The van der Waals surface area contributed by atoms with Gasteiger partial charge >= 0.3 is 0 Å². The number of methoxy groups -OCH3 is 1. The molecule has 0 amide bonds. The zero-order valence-electron chi connectivity index (χ0n) is 14.2. The highest BCUT2D eigenvalue weighted by atomic mass is 35.5. The van der Waals surface area contributed by atoms with Gasteiger partial charge in [0.05, 0.1) is 12.8 Å². The third kappa shape index (κ3) is 4.84. The van der Waals surface area contributed by atoms with Crippen LogP contribution < -0.4 is 10.1 Å². The Morgan fingerprint density at radius 3 is 2.52 bits per heavy atom. The first-order valence-corrected chi connectivity index (χ1v) is 9.10. The van der Waals surface area contributed by atoms with E-state index in [1.807, 2.05) is 12.1 Å². The van der Waals surface area contributed by atoms with Crippen molar-refractivity contribution in [2.24, 2.45) is 0 Å². The van der Waals surface area contributed by atoms with Gasteiger partial charge < -0.3 is 15.0 Å². The van der Waals surface area contributed by atoms with Crippen molar-refractivity contribution >= 4 is 34.6 Å². The van der Waals surface area contributed by atoms with Crippen LogP contribution in [0.2, 0.25) is 5.02 Å². The average molecular weight is 376 g/mol. The Labute approximate surface area is 159 Å². The van der Waals surface area contributed by atoms with Crippen LogP contribution in [0.3, 0.4) is 0 Å². The Morgan fingerprint density at radius 2 is 1.84 bits per heavy atom. The molecule has 0 radical (unpaired) electrons. The number of ether oxygens (including phenoxy) is 1. The van der Waals surface area contributed by atoms with Crippen LogP contribution in [0, 0.1) is 0 Å². The topological polar surface area (TPSA) is 27.7 Å². The minimum absolute atomic E-state index is 0.652. The van der Waals surface area contributed by atoms with Gasteiger partial charge in [-0.15, -0.1) is 0 Å². The first-order valence-electron chi connectivity index (χ1n) is 8.31. The quantitative estimate of drug-likeness (QED) is 0.819. The molecule has 1 fully saturated rings. The van der Waals surface area contributed by atoms with Gasteiger partial charge in [0.25, 0.3) is 0 Å². The third-order valence-electron chi connectivity index (χ3n) is 4.31. The van der Waals surface area contributed by atoms with Crippen molar-refractivity contribution in [2.75, 3.05) is 38.6 Å². The number of nitrogens with zero attached hydrogens (tertiary/aromatic N) is 2. The van der Waals surface area contributed by atoms with Gasteiger partial charge in [-0.2, -0.15) is 0 Å². The molecule has 0 aromatic heterocycles. The van der Waals surface area contributed by atoms with Crippen LogP contribution in [-0.4, -0.2) is 48.2 Å². The summed E-state index contributed by atoms with van der Waals surface area (Å²) in [4.78, 5) is 4.64. The Morgan fingerprint density at radius 1 is 1.12 bits per heavy atom. The normalized spacial score (nSPS) is 15.0. The molecule has 132 valence electrons. The molecule has 2 aromatic carbocycles. The summed E-state index contributed by atoms with van der Waals surface area (Å²) in [5.41, 5.74) is 2.15. The lowest BCUT2D eigenvalue weighted by molar-refractivity contribution is 0.177. The van der Waals surface area contributed by atoms with E-state index in [2.05, 4.69) is 45.4 Å². The monoisotopic (exact) mass is 375 g/mol. The van der Waals surface area contributed by atoms with Crippen molar-refractivity contribution in [3.8, 4) is 5.75 Å². The molecule has 1 saturated heterocycles. The molecule has 0 atom stereocenters. The molecule has 2 aromatic rings. The molecule has 1 N–H and O–H groups in total. The number of halogens is 1. The third-order valence-corrected chi connectivity index (χ3v) is 4.91. The maximum atomic E-state index is 6.08. The van der Waals surface area contributed by atoms with E-state index in [4.69, 9.17) is 28.6 Å². The molecule has 1 aliphatic heterocycles. The number of benzene rings is 2. The summed E-state index contributed by atoms with van der Waals surface area (Å²) in [5.74, 6) is 0.731. The lowest BCUT2D eigenvalue weighted by atomic mass is 10.2. The van der Waals surface area contributed by atoms with Crippen LogP contribution in [-0.2, 0) is 6.54 Å². The van der Waals surface area contributed by atoms with E-state index in [1.54, 1.807) is 13.2 Å². The zero-order valence-corrected chi connectivity index (χ0v) is 15.8. The van der Waals surface area contributed by atoms with E-state index in [0.717, 1.165) is 44.2 Å². The summed E-state index contributed by atoms with van der Waals surface area (Å²) >= 11 is 11.7. The van der Waals surface area contributed by atoms with Crippen LogP contribution in [0.15, 0.2) is 48.5 Å². The average Bonchev–Trinajstić information content (AvgIpc) is 2.63. The van der Waals surface area contributed by atoms with Crippen LogP contribution >= 0.6 is 23.8 Å². The molecule has 6 heteroatoms. The standard InChI is InChI=1S/C19H22ClN3OS/c1-24-18-8-7-16(20)13-17(18)21-19(25)23-11-9-22(10-12-23)14-15-5-3-2-4-6-15/h2-8,13H,9-12,14H2,1H3,(H,21,25). The van der Waals surface area contributed by atoms with E-state index in [0.29, 0.717) is 10.1 Å². The lowest BCUT2D eigenvalue weighted by Crippen LogP contribution is -2.49. The van der Waals surface area contributed by atoms with Crippen LogP contribution in [0.4, 0.5) is 5.69 Å². The van der Waals surface area contributed by atoms with Crippen LogP contribution in [0.1, 0.15) is 5.56 Å². The molecule has 1 aliphatic rings. The second-order valence-electron chi connectivity index (χ2n) is 6.02. The number of piperazine rings is 1.